The van der Waals surface area contributed by atoms with Gasteiger partial charge in [-0.05, 0) is 36.4 Å². The van der Waals surface area contributed by atoms with Crippen LogP contribution in [0.5, 0.6) is 5.75 Å². The van der Waals surface area contributed by atoms with E-state index in [9.17, 15) is 0 Å². The van der Waals surface area contributed by atoms with Crippen molar-refractivity contribution < 1.29 is 9.47 Å². The van der Waals surface area contributed by atoms with Gasteiger partial charge in [0.2, 0.25) is 4.80 Å². The molecule has 3 aromatic rings. The summed E-state index contributed by atoms with van der Waals surface area (Å²) in [5.41, 5.74) is 3.10. The van der Waals surface area contributed by atoms with Gasteiger partial charge in [0.1, 0.15) is 5.75 Å². The molecule has 2 aromatic carbocycles. The summed E-state index contributed by atoms with van der Waals surface area (Å²) in [7, 11) is 1.66. The van der Waals surface area contributed by atoms with Gasteiger partial charge in [-0.1, -0.05) is 23.7 Å². The van der Waals surface area contributed by atoms with Crippen molar-refractivity contribution in [3.8, 4) is 17.0 Å². The minimum Gasteiger partial charge on any atom is -0.497 e. The average Bonchev–Trinajstić information content (AvgIpc) is 3.13. The monoisotopic (exact) mass is 401 g/mol. The van der Waals surface area contributed by atoms with Crippen molar-refractivity contribution in [1.82, 2.24) is 4.68 Å². The summed E-state index contributed by atoms with van der Waals surface area (Å²) in [6.07, 6.45) is 0. The van der Waals surface area contributed by atoms with Crippen molar-refractivity contribution in [1.29, 1.82) is 0 Å². The minimum absolute atomic E-state index is 0.713. The highest BCUT2D eigenvalue weighted by Crippen LogP contribution is 2.24. The molecule has 0 radical (unpaired) electrons. The van der Waals surface area contributed by atoms with Crippen molar-refractivity contribution in [2.24, 2.45) is 4.99 Å². The molecule has 0 atom stereocenters. The first-order chi connectivity index (χ1) is 13.2. The molecule has 1 aliphatic rings. The van der Waals surface area contributed by atoms with Gasteiger partial charge in [-0.3, -0.25) is 0 Å². The Labute approximate surface area is 167 Å². The van der Waals surface area contributed by atoms with Crippen LogP contribution in [0.3, 0.4) is 0 Å². The lowest BCUT2D eigenvalue weighted by atomic mass is 10.2. The summed E-state index contributed by atoms with van der Waals surface area (Å²) in [5.74, 6) is 0.822. The maximum absolute atomic E-state index is 6.06. The van der Waals surface area contributed by atoms with E-state index in [4.69, 9.17) is 26.1 Å². The standard InChI is InChI=1S/C20H20ClN3O2S/c1-25-18-8-6-17(7-9-18)22-20-24(23-10-12-26-13-11-23)19(14-27-20)15-2-4-16(21)5-3-15/h2-9,14H,10-13H2,1H3. The van der Waals surface area contributed by atoms with Gasteiger partial charge in [0, 0.05) is 16.0 Å². The van der Waals surface area contributed by atoms with E-state index in [1.807, 2.05) is 48.5 Å². The van der Waals surface area contributed by atoms with Gasteiger partial charge in [-0.25, -0.2) is 9.67 Å². The van der Waals surface area contributed by atoms with Gasteiger partial charge in [-0.15, -0.1) is 11.3 Å². The number of rotatable bonds is 4. The molecular formula is C20H20ClN3O2S. The van der Waals surface area contributed by atoms with E-state index in [0.717, 1.165) is 45.6 Å². The summed E-state index contributed by atoms with van der Waals surface area (Å²) in [5, 5.41) is 5.16. The van der Waals surface area contributed by atoms with E-state index in [-0.39, 0.29) is 0 Å². The quantitative estimate of drug-likeness (QED) is 0.661. The van der Waals surface area contributed by atoms with Gasteiger partial charge in [0.15, 0.2) is 0 Å². The molecule has 0 spiro atoms. The average molecular weight is 402 g/mol. The molecule has 4 rings (SSSR count). The van der Waals surface area contributed by atoms with Gasteiger partial charge in [-0.2, -0.15) is 0 Å². The van der Waals surface area contributed by atoms with E-state index >= 15 is 0 Å². The lowest BCUT2D eigenvalue weighted by molar-refractivity contribution is 0.111. The SMILES string of the molecule is COc1ccc(N=c2scc(-c3ccc(Cl)cc3)n2N2CCOCC2)cc1. The van der Waals surface area contributed by atoms with Crippen molar-refractivity contribution in [3.05, 3.63) is 63.7 Å². The van der Waals surface area contributed by atoms with Gasteiger partial charge in [0.05, 0.1) is 44.8 Å². The Morgan fingerprint density at radius 1 is 1.04 bits per heavy atom. The van der Waals surface area contributed by atoms with Crippen LogP contribution >= 0.6 is 22.9 Å². The molecule has 27 heavy (non-hydrogen) atoms. The predicted molar refractivity (Wildman–Crippen MR) is 110 cm³/mol. The minimum atomic E-state index is 0.713. The molecule has 0 unspecified atom stereocenters. The number of aromatic nitrogens is 1. The van der Waals surface area contributed by atoms with Crippen molar-refractivity contribution >= 4 is 28.6 Å². The lowest BCUT2D eigenvalue weighted by Crippen LogP contribution is -2.48. The van der Waals surface area contributed by atoms with Crippen LogP contribution < -0.4 is 14.5 Å². The zero-order valence-electron chi connectivity index (χ0n) is 15.0. The fourth-order valence-electron chi connectivity index (χ4n) is 2.99. The molecule has 0 saturated carbocycles. The van der Waals surface area contributed by atoms with Crippen LogP contribution in [0.15, 0.2) is 58.9 Å². The Morgan fingerprint density at radius 3 is 2.41 bits per heavy atom. The van der Waals surface area contributed by atoms with Crippen LogP contribution in [0.25, 0.3) is 11.3 Å². The third-order valence-corrected chi connectivity index (χ3v) is 5.46. The molecule has 0 bridgehead atoms. The van der Waals surface area contributed by atoms with E-state index in [1.54, 1.807) is 18.4 Å². The highest BCUT2D eigenvalue weighted by atomic mass is 35.5. The smallest absolute Gasteiger partial charge is 0.209 e. The van der Waals surface area contributed by atoms with E-state index in [2.05, 4.69) is 15.1 Å². The van der Waals surface area contributed by atoms with Gasteiger partial charge in [0.25, 0.3) is 0 Å². The normalized spacial score (nSPS) is 15.2. The largest absolute Gasteiger partial charge is 0.497 e. The van der Waals surface area contributed by atoms with E-state index < -0.39 is 0 Å². The summed E-state index contributed by atoms with van der Waals surface area (Å²) in [6.45, 7) is 3.08. The highest BCUT2D eigenvalue weighted by molar-refractivity contribution is 7.07. The molecule has 0 amide bonds. The van der Waals surface area contributed by atoms with Crippen LogP contribution in [-0.4, -0.2) is 38.1 Å². The topological polar surface area (TPSA) is 39.0 Å². The molecule has 140 valence electrons. The Morgan fingerprint density at radius 2 is 1.74 bits per heavy atom. The van der Waals surface area contributed by atoms with Crippen LogP contribution in [-0.2, 0) is 4.74 Å². The molecule has 2 heterocycles. The van der Waals surface area contributed by atoms with Gasteiger partial charge >= 0.3 is 0 Å². The predicted octanol–water partition coefficient (Wildman–Crippen LogP) is 4.08. The second-order valence-corrected chi connectivity index (χ2v) is 7.37. The lowest BCUT2D eigenvalue weighted by Gasteiger charge is -2.31. The maximum Gasteiger partial charge on any atom is 0.209 e. The van der Waals surface area contributed by atoms with Crippen LogP contribution in [0, 0.1) is 0 Å². The third kappa shape index (κ3) is 4.03. The number of hydrogen-bond donors (Lipinski definition) is 0. The first kappa shape index (κ1) is 18.1. The van der Waals surface area contributed by atoms with Crippen molar-refractivity contribution in [3.63, 3.8) is 0 Å². The fraction of sp³-hybridized carbons (Fsp3) is 0.250. The Hall–Kier alpha value is -2.28. The molecular weight excluding hydrogens is 382 g/mol. The molecule has 0 aliphatic carbocycles. The molecule has 5 nitrogen and oxygen atoms in total. The number of nitrogens with zero attached hydrogens (tertiary/aromatic N) is 3. The van der Waals surface area contributed by atoms with Crippen LogP contribution in [0.1, 0.15) is 0 Å². The number of methoxy groups -OCH3 is 1. The molecule has 7 heteroatoms. The van der Waals surface area contributed by atoms with Crippen LogP contribution in [0.4, 0.5) is 5.69 Å². The third-order valence-electron chi connectivity index (χ3n) is 4.39. The molecule has 0 N–H and O–H groups in total. The molecule has 1 aliphatic heterocycles. The summed E-state index contributed by atoms with van der Waals surface area (Å²) >= 11 is 7.69. The Kier molecular flexibility index (Phi) is 5.48. The van der Waals surface area contributed by atoms with Crippen molar-refractivity contribution in [2.45, 2.75) is 0 Å². The zero-order valence-corrected chi connectivity index (χ0v) is 16.5. The Balaban J connectivity index is 1.80. The number of hydrogen-bond acceptors (Lipinski definition) is 5. The second-order valence-electron chi connectivity index (χ2n) is 6.10. The summed E-state index contributed by atoms with van der Waals surface area (Å²) < 4.78 is 13.0. The van der Waals surface area contributed by atoms with Crippen LogP contribution in [0.2, 0.25) is 5.02 Å². The number of halogens is 1. The summed E-state index contributed by atoms with van der Waals surface area (Å²) in [4.78, 5) is 5.80. The number of morpholine rings is 1. The van der Waals surface area contributed by atoms with Crippen molar-refractivity contribution in [2.75, 3.05) is 38.4 Å². The maximum atomic E-state index is 6.06. The summed E-state index contributed by atoms with van der Waals surface area (Å²) in [6, 6.07) is 15.7. The van der Waals surface area contributed by atoms with E-state index in [0.29, 0.717) is 13.2 Å². The first-order valence-corrected chi connectivity index (χ1v) is 9.98. The second kappa shape index (κ2) is 8.17. The first-order valence-electron chi connectivity index (χ1n) is 8.73. The Bertz CT molecular complexity index is 958. The molecule has 1 fully saturated rings. The molecule has 1 aromatic heterocycles. The number of benzene rings is 2. The van der Waals surface area contributed by atoms with Gasteiger partial charge < -0.3 is 14.5 Å². The number of ether oxygens (including phenoxy) is 2. The molecule has 1 saturated heterocycles. The van der Waals surface area contributed by atoms with E-state index in [1.165, 1.54) is 0 Å². The number of thiazole rings is 1. The fourth-order valence-corrected chi connectivity index (χ4v) is 4.04. The zero-order chi connectivity index (χ0) is 18.6. The highest BCUT2D eigenvalue weighted by Gasteiger charge is 2.17.